The lowest BCUT2D eigenvalue weighted by Crippen LogP contribution is -2.46. The van der Waals surface area contributed by atoms with Gasteiger partial charge in [-0.3, -0.25) is 4.79 Å². The highest BCUT2D eigenvalue weighted by Gasteiger charge is 2.30. The highest BCUT2D eigenvalue weighted by atomic mass is 79.9. The second kappa shape index (κ2) is 5.09. The molecule has 7 heteroatoms. The van der Waals surface area contributed by atoms with Gasteiger partial charge >= 0.3 is 0 Å². The Labute approximate surface area is 114 Å². The molecule has 0 aliphatic carbocycles. The molecule has 1 fully saturated rings. The molecule has 0 aromatic carbocycles. The standard InChI is InChI=1S/C11H16BrN5O/c1-6-2-3-7(10(14)18)4-17(6)11-8(12)9(13)15-5-16-11/h5-7H,2-4H2,1H3,(H2,14,18)(H2,13,15,16). The van der Waals surface area contributed by atoms with Crippen LogP contribution < -0.4 is 16.4 Å². The van der Waals surface area contributed by atoms with E-state index in [0.29, 0.717) is 22.9 Å². The predicted molar refractivity (Wildman–Crippen MR) is 72.9 cm³/mol. The van der Waals surface area contributed by atoms with Gasteiger partial charge in [0.1, 0.15) is 22.4 Å². The molecule has 2 rings (SSSR count). The van der Waals surface area contributed by atoms with E-state index in [9.17, 15) is 4.79 Å². The van der Waals surface area contributed by atoms with E-state index in [1.165, 1.54) is 6.33 Å². The molecule has 0 bridgehead atoms. The topological polar surface area (TPSA) is 98.1 Å². The van der Waals surface area contributed by atoms with E-state index in [1.54, 1.807) is 0 Å². The summed E-state index contributed by atoms with van der Waals surface area (Å²) < 4.78 is 0.668. The molecule has 98 valence electrons. The summed E-state index contributed by atoms with van der Waals surface area (Å²) >= 11 is 3.39. The first-order valence-electron chi connectivity index (χ1n) is 5.82. The van der Waals surface area contributed by atoms with Crippen LogP contribution in [0.15, 0.2) is 10.8 Å². The van der Waals surface area contributed by atoms with Crippen LogP contribution in [0.2, 0.25) is 0 Å². The van der Waals surface area contributed by atoms with Crippen molar-refractivity contribution in [1.82, 2.24) is 9.97 Å². The number of primary amides is 1. The van der Waals surface area contributed by atoms with Crippen molar-refractivity contribution in [2.75, 3.05) is 17.2 Å². The number of carbonyl (C=O) groups is 1. The zero-order chi connectivity index (χ0) is 13.3. The summed E-state index contributed by atoms with van der Waals surface area (Å²) in [5, 5.41) is 0. The number of piperidine rings is 1. The molecule has 6 nitrogen and oxygen atoms in total. The Kier molecular flexibility index (Phi) is 3.70. The Balaban J connectivity index is 2.30. The third-order valence-electron chi connectivity index (χ3n) is 3.35. The Morgan fingerprint density at radius 2 is 2.22 bits per heavy atom. The fourth-order valence-corrected chi connectivity index (χ4v) is 2.64. The van der Waals surface area contributed by atoms with Gasteiger partial charge in [-0.15, -0.1) is 0 Å². The summed E-state index contributed by atoms with van der Waals surface area (Å²) in [7, 11) is 0. The first-order chi connectivity index (χ1) is 8.50. The van der Waals surface area contributed by atoms with E-state index in [4.69, 9.17) is 11.5 Å². The average molecular weight is 314 g/mol. The summed E-state index contributed by atoms with van der Waals surface area (Å²) in [5.41, 5.74) is 11.1. The summed E-state index contributed by atoms with van der Waals surface area (Å²) in [4.78, 5) is 21.5. The maximum Gasteiger partial charge on any atom is 0.222 e. The average Bonchev–Trinajstić information content (AvgIpc) is 2.33. The number of rotatable bonds is 2. The summed E-state index contributed by atoms with van der Waals surface area (Å²) in [6, 6.07) is 0.297. The fraction of sp³-hybridized carbons (Fsp3) is 0.545. The number of anilines is 2. The Hall–Kier alpha value is -1.37. The van der Waals surface area contributed by atoms with Crippen LogP contribution in [-0.4, -0.2) is 28.5 Å². The van der Waals surface area contributed by atoms with Gasteiger partial charge in [0.15, 0.2) is 0 Å². The van der Waals surface area contributed by atoms with Crippen molar-refractivity contribution >= 4 is 33.5 Å². The minimum Gasteiger partial charge on any atom is -0.383 e. The number of carbonyl (C=O) groups excluding carboxylic acids is 1. The van der Waals surface area contributed by atoms with Crippen LogP contribution in [-0.2, 0) is 4.79 Å². The number of aromatic nitrogens is 2. The third kappa shape index (κ3) is 2.40. The predicted octanol–water partition coefficient (Wildman–Crippen LogP) is 0.911. The molecule has 1 amide bonds. The summed E-state index contributed by atoms with van der Waals surface area (Å²) in [5.74, 6) is 0.726. The van der Waals surface area contributed by atoms with Crippen molar-refractivity contribution in [3.63, 3.8) is 0 Å². The van der Waals surface area contributed by atoms with Gasteiger partial charge in [-0.1, -0.05) is 0 Å². The minimum atomic E-state index is -0.259. The zero-order valence-electron chi connectivity index (χ0n) is 10.1. The molecule has 4 N–H and O–H groups in total. The number of amides is 1. The molecular formula is C11H16BrN5O. The Morgan fingerprint density at radius 1 is 1.50 bits per heavy atom. The molecule has 2 unspecified atom stereocenters. The van der Waals surface area contributed by atoms with Crippen LogP contribution >= 0.6 is 15.9 Å². The normalized spacial score (nSPS) is 24.0. The molecule has 1 saturated heterocycles. The van der Waals surface area contributed by atoms with Gasteiger partial charge in [-0.25, -0.2) is 9.97 Å². The Morgan fingerprint density at radius 3 is 2.89 bits per heavy atom. The lowest BCUT2D eigenvalue weighted by molar-refractivity contribution is -0.122. The molecule has 0 saturated carbocycles. The summed E-state index contributed by atoms with van der Waals surface area (Å²) in [6.45, 7) is 2.67. The smallest absolute Gasteiger partial charge is 0.222 e. The van der Waals surface area contributed by atoms with Crippen molar-refractivity contribution in [2.45, 2.75) is 25.8 Å². The fourth-order valence-electron chi connectivity index (χ4n) is 2.21. The van der Waals surface area contributed by atoms with Crippen molar-refractivity contribution in [1.29, 1.82) is 0 Å². The second-order valence-electron chi connectivity index (χ2n) is 4.57. The molecule has 1 aliphatic rings. The zero-order valence-corrected chi connectivity index (χ0v) is 11.7. The van der Waals surface area contributed by atoms with Gasteiger partial charge < -0.3 is 16.4 Å². The van der Waals surface area contributed by atoms with E-state index in [-0.39, 0.29) is 11.8 Å². The number of nitrogens with two attached hydrogens (primary N) is 2. The lowest BCUT2D eigenvalue weighted by atomic mass is 9.93. The van der Waals surface area contributed by atoms with Crippen LogP contribution in [0.1, 0.15) is 19.8 Å². The van der Waals surface area contributed by atoms with Gasteiger partial charge in [0, 0.05) is 12.6 Å². The quantitative estimate of drug-likeness (QED) is 0.845. The largest absolute Gasteiger partial charge is 0.383 e. The maximum atomic E-state index is 11.3. The van der Waals surface area contributed by atoms with E-state index in [2.05, 4.69) is 37.7 Å². The monoisotopic (exact) mass is 313 g/mol. The molecule has 1 aliphatic heterocycles. The number of halogens is 1. The van der Waals surface area contributed by atoms with Crippen LogP contribution in [0.3, 0.4) is 0 Å². The molecule has 0 spiro atoms. The van der Waals surface area contributed by atoms with Crippen LogP contribution in [0.5, 0.6) is 0 Å². The van der Waals surface area contributed by atoms with E-state index in [0.717, 1.165) is 18.7 Å². The van der Waals surface area contributed by atoms with E-state index >= 15 is 0 Å². The SMILES string of the molecule is CC1CCC(C(N)=O)CN1c1ncnc(N)c1Br. The second-order valence-corrected chi connectivity index (χ2v) is 5.37. The van der Waals surface area contributed by atoms with Crippen molar-refractivity contribution in [3.8, 4) is 0 Å². The van der Waals surface area contributed by atoms with Gasteiger partial charge in [0.05, 0.1) is 5.92 Å². The summed E-state index contributed by atoms with van der Waals surface area (Å²) in [6.07, 6.45) is 3.16. The van der Waals surface area contributed by atoms with E-state index in [1.807, 2.05) is 0 Å². The van der Waals surface area contributed by atoms with Gasteiger partial charge in [-0.05, 0) is 35.7 Å². The minimum absolute atomic E-state index is 0.135. The van der Waals surface area contributed by atoms with Crippen molar-refractivity contribution in [3.05, 3.63) is 10.8 Å². The molecule has 18 heavy (non-hydrogen) atoms. The number of hydrogen-bond donors (Lipinski definition) is 2. The van der Waals surface area contributed by atoms with Crippen molar-refractivity contribution < 1.29 is 4.79 Å². The van der Waals surface area contributed by atoms with Crippen molar-refractivity contribution in [2.24, 2.45) is 11.7 Å². The number of nitrogen functional groups attached to an aromatic ring is 1. The maximum absolute atomic E-state index is 11.3. The molecule has 2 heterocycles. The first kappa shape index (κ1) is 13.1. The van der Waals surface area contributed by atoms with Gasteiger partial charge in [0.25, 0.3) is 0 Å². The van der Waals surface area contributed by atoms with Gasteiger partial charge in [-0.2, -0.15) is 0 Å². The van der Waals surface area contributed by atoms with Crippen LogP contribution in [0, 0.1) is 5.92 Å². The third-order valence-corrected chi connectivity index (χ3v) is 4.12. The molecule has 1 aromatic rings. The molecule has 2 atom stereocenters. The first-order valence-corrected chi connectivity index (χ1v) is 6.62. The van der Waals surface area contributed by atoms with Crippen LogP contribution in [0.25, 0.3) is 0 Å². The lowest BCUT2D eigenvalue weighted by Gasteiger charge is -2.38. The highest BCUT2D eigenvalue weighted by Crippen LogP contribution is 2.33. The number of hydrogen-bond acceptors (Lipinski definition) is 5. The molecule has 1 aromatic heterocycles. The van der Waals surface area contributed by atoms with E-state index < -0.39 is 0 Å². The molecule has 0 radical (unpaired) electrons. The van der Waals surface area contributed by atoms with Crippen LogP contribution in [0.4, 0.5) is 11.6 Å². The van der Waals surface area contributed by atoms with Gasteiger partial charge in [0.2, 0.25) is 5.91 Å². The number of nitrogens with zero attached hydrogens (tertiary/aromatic N) is 3. The Bertz CT molecular complexity index is 467. The molecular weight excluding hydrogens is 298 g/mol. The highest BCUT2D eigenvalue weighted by molar-refractivity contribution is 9.10.